The molecular weight excluding hydrogens is 494 g/mol. The third-order valence-corrected chi connectivity index (χ3v) is 8.05. The fraction of sp³-hybridized carbons (Fsp3) is 0.0270. The molecule has 0 amide bonds. The van der Waals surface area contributed by atoms with Gasteiger partial charge in [0.2, 0.25) is 0 Å². The summed E-state index contributed by atoms with van der Waals surface area (Å²) in [5, 5.41) is 0.738. The van der Waals surface area contributed by atoms with E-state index in [-0.39, 0.29) is 0 Å². The van der Waals surface area contributed by atoms with Crippen LogP contribution >= 0.6 is 11.6 Å². The van der Waals surface area contributed by atoms with Gasteiger partial charge >= 0.3 is 0 Å². The Balaban J connectivity index is 1.53. The second-order valence-electron chi connectivity index (χ2n) is 9.90. The first-order valence-electron chi connectivity index (χ1n) is 13.2. The van der Waals surface area contributed by atoms with Crippen molar-refractivity contribution in [2.45, 2.75) is 5.41 Å². The molecule has 1 aliphatic carbocycles. The van der Waals surface area contributed by atoms with E-state index in [0.717, 1.165) is 22.1 Å². The maximum absolute atomic E-state index is 6.41. The molecule has 1 nitrogen and oxygen atoms in total. The van der Waals surface area contributed by atoms with Crippen LogP contribution in [0.5, 0.6) is 0 Å². The number of benzene rings is 6. The maximum Gasteiger partial charge on any atom is 0.0714 e. The van der Waals surface area contributed by atoms with Crippen molar-refractivity contribution in [3.05, 3.63) is 185 Å². The first-order valence-corrected chi connectivity index (χ1v) is 13.6. The van der Waals surface area contributed by atoms with Gasteiger partial charge in [0.15, 0.2) is 0 Å². The third-order valence-electron chi connectivity index (χ3n) is 7.80. The van der Waals surface area contributed by atoms with Gasteiger partial charge < -0.3 is 4.90 Å². The Morgan fingerprint density at radius 2 is 0.897 bits per heavy atom. The molecular formula is C37H26ClN. The lowest BCUT2D eigenvalue weighted by molar-refractivity contribution is 0.768. The van der Waals surface area contributed by atoms with Crippen molar-refractivity contribution in [2.75, 3.05) is 4.90 Å². The molecule has 0 aliphatic heterocycles. The third kappa shape index (κ3) is 3.78. The van der Waals surface area contributed by atoms with Crippen molar-refractivity contribution in [1.82, 2.24) is 0 Å². The Hall–Kier alpha value is -4.59. The van der Waals surface area contributed by atoms with Crippen LogP contribution in [0.2, 0.25) is 5.02 Å². The Bertz CT molecular complexity index is 1670. The summed E-state index contributed by atoms with van der Waals surface area (Å²) in [5.74, 6) is 0. The minimum Gasteiger partial charge on any atom is -0.310 e. The molecule has 186 valence electrons. The summed E-state index contributed by atoms with van der Waals surface area (Å²) in [7, 11) is 0. The lowest BCUT2D eigenvalue weighted by Crippen LogP contribution is -2.28. The summed E-state index contributed by atoms with van der Waals surface area (Å²) in [6.45, 7) is 0. The summed E-state index contributed by atoms with van der Waals surface area (Å²) < 4.78 is 0. The Morgan fingerprint density at radius 3 is 1.46 bits per heavy atom. The van der Waals surface area contributed by atoms with Gasteiger partial charge in [0, 0.05) is 22.1 Å². The fourth-order valence-electron chi connectivity index (χ4n) is 6.20. The molecule has 7 rings (SSSR count). The summed E-state index contributed by atoms with van der Waals surface area (Å²) in [6.07, 6.45) is 0. The molecule has 0 aromatic heterocycles. The van der Waals surface area contributed by atoms with Gasteiger partial charge in [0.05, 0.1) is 5.41 Å². The highest BCUT2D eigenvalue weighted by Gasteiger charge is 2.46. The lowest BCUT2D eigenvalue weighted by atomic mass is 9.67. The highest BCUT2D eigenvalue weighted by Crippen LogP contribution is 2.56. The average Bonchev–Trinajstić information content (AvgIpc) is 3.30. The van der Waals surface area contributed by atoms with Crippen molar-refractivity contribution < 1.29 is 0 Å². The minimum atomic E-state index is -0.479. The lowest BCUT2D eigenvalue weighted by Gasteiger charge is -2.35. The molecule has 0 unspecified atom stereocenters. The number of nitrogens with zero attached hydrogens (tertiary/aromatic N) is 1. The van der Waals surface area contributed by atoms with Crippen molar-refractivity contribution >= 4 is 28.7 Å². The minimum absolute atomic E-state index is 0.479. The normalized spacial score (nSPS) is 12.9. The second-order valence-corrected chi connectivity index (χ2v) is 10.3. The molecule has 6 aromatic rings. The second kappa shape index (κ2) is 9.62. The fourth-order valence-corrected chi connectivity index (χ4v) is 6.33. The molecule has 0 fully saturated rings. The monoisotopic (exact) mass is 519 g/mol. The van der Waals surface area contributed by atoms with Gasteiger partial charge in [-0.25, -0.2) is 0 Å². The van der Waals surface area contributed by atoms with Crippen LogP contribution in [0.1, 0.15) is 22.3 Å². The smallest absolute Gasteiger partial charge is 0.0714 e. The molecule has 0 N–H and O–H groups in total. The van der Waals surface area contributed by atoms with E-state index in [4.69, 9.17) is 11.6 Å². The number of fused-ring (bicyclic) bond motifs is 3. The first kappa shape index (κ1) is 23.5. The number of anilines is 3. The molecule has 0 spiro atoms. The molecule has 0 atom stereocenters. The van der Waals surface area contributed by atoms with E-state index in [0.29, 0.717) is 0 Å². The van der Waals surface area contributed by atoms with E-state index >= 15 is 0 Å². The standard InChI is InChI=1S/C37H26ClN/c38-29-24-22-27(23-25-29)37(35-20-9-7-18-33(35)34-19-8-10-21-36(34)37)28-12-11-17-32(26-28)39(30-13-3-1-4-14-30)31-15-5-2-6-16-31/h1-26H. The molecule has 0 heterocycles. The number of hydrogen-bond acceptors (Lipinski definition) is 1. The number of halogens is 1. The van der Waals surface area contributed by atoms with E-state index in [1.54, 1.807) is 0 Å². The van der Waals surface area contributed by atoms with Gasteiger partial charge in [0.1, 0.15) is 0 Å². The molecule has 0 saturated heterocycles. The molecule has 6 aromatic carbocycles. The zero-order chi connectivity index (χ0) is 26.2. The Labute approximate surface area is 234 Å². The SMILES string of the molecule is Clc1ccc(C2(c3cccc(N(c4ccccc4)c4ccccc4)c3)c3ccccc3-c3ccccc32)cc1. The topological polar surface area (TPSA) is 3.24 Å². The van der Waals surface area contributed by atoms with Gasteiger partial charge in [-0.05, 0) is 81.9 Å². The van der Waals surface area contributed by atoms with E-state index in [1.165, 1.54) is 33.4 Å². The summed E-state index contributed by atoms with van der Waals surface area (Å²) >= 11 is 6.41. The predicted molar refractivity (Wildman–Crippen MR) is 163 cm³/mol. The maximum atomic E-state index is 6.41. The molecule has 39 heavy (non-hydrogen) atoms. The molecule has 1 aliphatic rings. The predicted octanol–water partition coefficient (Wildman–Crippen LogP) is 10.2. The van der Waals surface area contributed by atoms with Crippen LogP contribution in [-0.2, 0) is 5.41 Å². The largest absolute Gasteiger partial charge is 0.310 e. The van der Waals surface area contributed by atoms with Crippen molar-refractivity contribution in [3.63, 3.8) is 0 Å². The quantitative estimate of drug-likeness (QED) is 0.218. The van der Waals surface area contributed by atoms with Crippen LogP contribution in [0.3, 0.4) is 0 Å². The summed E-state index contributed by atoms with van der Waals surface area (Å²) in [5.41, 5.74) is 10.4. The van der Waals surface area contributed by atoms with Gasteiger partial charge in [-0.2, -0.15) is 0 Å². The van der Waals surface area contributed by atoms with Crippen molar-refractivity contribution in [1.29, 1.82) is 0 Å². The average molecular weight is 520 g/mol. The van der Waals surface area contributed by atoms with Crippen molar-refractivity contribution in [3.8, 4) is 11.1 Å². The van der Waals surface area contributed by atoms with E-state index in [9.17, 15) is 0 Å². The van der Waals surface area contributed by atoms with Crippen molar-refractivity contribution in [2.24, 2.45) is 0 Å². The van der Waals surface area contributed by atoms with Gasteiger partial charge in [-0.1, -0.05) is 121 Å². The van der Waals surface area contributed by atoms with Crippen LogP contribution in [0.25, 0.3) is 11.1 Å². The number of rotatable bonds is 5. The van der Waals surface area contributed by atoms with E-state index in [1.807, 2.05) is 12.1 Å². The van der Waals surface area contributed by atoms with Gasteiger partial charge in [-0.15, -0.1) is 0 Å². The molecule has 0 radical (unpaired) electrons. The van der Waals surface area contributed by atoms with Crippen LogP contribution in [0, 0.1) is 0 Å². The summed E-state index contributed by atoms with van der Waals surface area (Å²) in [6, 6.07) is 56.1. The zero-order valence-corrected chi connectivity index (χ0v) is 22.1. The molecule has 2 heteroatoms. The molecule has 0 bridgehead atoms. The van der Waals surface area contributed by atoms with Crippen LogP contribution in [-0.4, -0.2) is 0 Å². The van der Waals surface area contributed by atoms with E-state index < -0.39 is 5.41 Å². The van der Waals surface area contributed by atoms with Gasteiger partial charge in [0.25, 0.3) is 0 Å². The highest BCUT2D eigenvalue weighted by molar-refractivity contribution is 6.30. The van der Waals surface area contributed by atoms with Gasteiger partial charge in [-0.3, -0.25) is 0 Å². The van der Waals surface area contributed by atoms with E-state index in [2.05, 4.69) is 150 Å². The van der Waals surface area contributed by atoms with Crippen LogP contribution in [0.15, 0.2) is 158 Å². The highest BCUT2D eigenvalue weighted by atomic mass is 35.5. The number of hydrogen-bond donors (Lipinski definition) is 0. The number of para-hydroxylation sites is 2. The van der Waals surface area contributed by atoms with Crippen LogP contribution in [0.4, 0.5) is 17.1 Å². The van der Waals surface area contributed by atoms with Crippen LogP contribution < -0.4 is 4.90 Å². The zero-order valence-electron chi connectivity index (χ0n) is 21.3. The first-order chi connectivity index (χ1) is 19.3. The molecule has 0 saturated carbocycles. The summed E-state index contributed by atoms with van der Waals surface area (Å²) in [4.78, 5) is 2.33. The Kier molecular flexibility index (Phi) is 5.80. The Morgan fingerprint density at radius 1 is 0.410 bits per heavy atom.